The molecular formula is C18H19N3O3S. The van der Waals surface area contributed by atoms with Crippen LogP contribution in [-0.2, 0) is 4.79 Å². The van der Waals surface area contributed by atoms with Crippen molar-refractivity contribution < 1.29 is 14.3 Å². The van der Waals surface area contributed by atoms with Crippen LogP contribution in [0.4, 0.5) is 0 Å². The van der Waals surface area contributed by atoms with Crippen molar-refractivity contribution in [1.29, 1.82) is 0 Å². The van der Waals surface area contributed by atoms with Gasteiger partial charge in [0.2, 0.25) is 0 Å². The van der Waals surface area contributed by atoms with Gasteiger partial charge in [0.15, 0.2) is 6.61 Å². The maximum atomic E-state index is 12.0. The summed E-state index contributed by atoms with van der Waals surface area (Å²) in [6.45, 7) is 3.63. The molecule has 0 bridgehead atoms. The third-order valence-electron chi connectivity index (χ3n) is 3.45. The number of nitrogens with two attached hydrogens (primary N) is 1. The zero-order valence-electron chi connectivity index (χ0n) is 14.0. The molecule has 0 radical (unpaired) electrons. The molecule has 0 atom stereocenters. The fourth-order valence-electron chi connectivity index (χ4n) is 2.03. The summed E-state index contributed by atoms with van der Waals surface area (Å²) >= 11 is 4.85. The second-order valence-corrected chi connectivity index (χ2v) is 5.94. The van der Waals surface area contributed by atoms with Gasteiger partial charge in [-0.05, 0) is 43.2 Å². The Hall–Kier alpha value is -2.93. The fraction of sp³-hybridized carbons (Fsp3) is 0.167. The van der Waals surface area contributed by atoms with Crippen LogP contribution < -0.4 is 21.3 Å². The highest BCUT2D eigenvalue weighted by Crippen LogP contribution is 2.18. The van der Waals surface area contributed by atoms with Gasteiger partial charge in [-0.1, -0.05) is 36.5 Å². The smallest absolute Gasteiger partial charge is 0.276 e. The lowest BCUT2D eigenvalue weighted by molar-refractivity contribution is -0.123. The predicted molar refractivity (Wildman–Crippen MR) is 99.3 cm³/mol. The first kappa shape index (κ1) is 18.4. The van der Waals surface area contributed by atoms with E-state index in [1.54, 1.807) is 24.3 Å². The molecule has 0 aliphatic rings. The molecule has 0 aliphatic heterocycles. The minimum Gasteiger partial charge on any atom is -0.483 e. The molecule has 0 saturated carbocycles. The molecule has 0 unspecified atom stereocenters. The SMILES string of the molecule is Cc1ccc(C)c(OCC(=O)NNC(=O)c2ccc(C(N)=S)cc2)c1. The standard InChI is InChI=1S/C18H19N3O3S/c1-11-3-4-12(2)15(9-11)24-10-16(22)20-21-18(23)14-7-5-13(6-8-14)17(19)25/h3-9H,10H2,1-2H3,(H2,19,25)(H,20,22)(H,21,23). The van der Waals surface area contributed by atoms with E-state index < -0.39 is 11.8 Å². The lowest BCUT2D eigenvalue weighted by atomic mass is 10.1. The predicted octanol–water partition coefficient (Wildman–Crippen LogP) is 1.78. The number of aryl methyl sites for hydroxylation is 2. The Kier molecular flexibility index (Phi) is 6.08. The van der Waals surface area contributed by atoms with Gasteiger partial charge in [0.05, 0.1) is 0 Å². The summed E-state index contributed by atoms with van der Waals surface area (Å²) in [5.74, 6) is -0.279. The van der Waals surface area contributed by atoms with Crippen LogP contribution in [-0.4, -0.2) is 23.4 Å². The van der Waals surface area contributed by atoms with Crippen LogP contribution >= 0.6 is 12.2 Å². The van der Waals surface area contributed by atoms with Crippen molar-refractivity contribution in [3.8, 4) is 5.75 Å². The maximum Gasteiger partial charge on any atom is 0.276 e. The molecule has 0 spiro atoms. The summed E-state index contributed by atoms with van der Waals surface area (Å²) in [7, 11) is 0. The Morgan fingerprint density at radius 3 is 2.32 bits per heavy atom. The van der Waals surface area contributed by atoms with Gasteiger partial charge in [-0.2, -0.15) is 0 Å². The highest BCUT2D eigenvalue weighted by molar-refractivity contribution is 7.80. The number of nitrogens with one attached hydrogen (secondary N) is 2. The zero-order chi connectivity index (χ0) is 18.4. The van der Waals surface area contributed by atoms with Gasteiger partial charge >= 0.3 is 0 Å². The molecule has 4 N–H and O–H groups in total. The van der Waals surface area contributed by atoms with Crippen LogP contribution in [0.15, 0.2) is 42.5 Å². The number of hydrogen-bond donors (Lipinski definition) is 3. The van der Waals surface area contributed by atoms with Gasteiger partial charge in [0, 0.05) is 11.1 Å². The van der Waals surface area contributed by atoms with Crippen LogP contribution in [0.1, 0.15) is 27.0 Å². The van der Waals surface area contributed by atoms with Gasteiger partial charge in [0.1, 0.15) is 10.7 Å². The van der Waals surface area contributed by atoms with Gasteiger partial charge in [-0.15, -0.1) is 0 Å². The van der Waals surface area contributed by atoms with E-state index in [-0.39, 0.29) is 11.6 Å². The molecule has 2 aromatic carbocycles. The molecule has 0 fully saturated rings. The second-order valence-electron chi connectivity index (χ2n) is 5.50. The molecule has 7 heteroatoms. The number of amides is 2. The van der Waals surface area contributed by atoms with E-state index in [2.05, 4.69) is 10.9 Å². The van der Waals surface area contributed by atoms with Gasteiger partial charge < -0.3 is 10.5 Å². The van der Waals surface area contributed by atoms with Gasteiger partial charge in [-0.25, -0.2) is 0 Å². The van der Waals surface area contributed by atoms with Crippen LogP contribution in [0.5, 0.6) is 5.75 Å². The average molecular weight is 357 g/mol. The summed E-state index contributed by atoms with van der Waals surface area (Å²) in [5.41, 5.74) is 13.1. The van der Waals surface area contributed by atoms with Crippen LogP contribution in [0.25, 0.3) is 0 Å². The molecule has 0 heterocycles. The van der Waals surface area contributed by atoms with E-state index in [1.165, 1.54) is 0 Å². The zero-order valence-corrected chi connectivity index (χ0v) is 14.8. The monoisotopic (exact) mass is 357 g/mol. The third kappa shape index (κ3) is 5.29. The lowest BCUT2D eigenvalue weighted by Crippen LogP contribution is -2.43. The molecule has 6 nitrogen and oxygen atoms in total. The van der Waals surface area contributed by atoms with E-state index in [0.717, 1.165) is 11.1 Å². The van der Waals surface area contributed by atoms with E-state index in [9.17, 15) is 9.59 Å². The number of hydrazine groups is 1. The Morgan fingerprint density at radius 1 is 1.04 bits per heavy atom. The second kappa shape index (κ2) is 8.25. The van der Waals surface area contributed by atoms with Crippen molar-refractivity contribution in [1.82, 2.24) is 10.9 Å². The van der Waals surface area contributed by atoms with Crippen molar-refractivity contribution in [2.45, 2.75) is 13.8 Å². The Labute approximate surface area is 151 Å². The molecule has 0 saturated heterocycles. The quantitative estimate of drug-likeness (QED) is 0.560. The summed E-state index contributed by atoms with van der Waals surface area (Å²) in [5, 5.41) is 0. The minimum atomic E-state index is -0.464. The molecule has 0 aliphatic carbocycles. The number of ether oxygens (including phenoxy) is 1. The first-order valence-corrected chi connectivity index (χ1v) is 7.97. The topological polar surface area (TPSA) is 93.5 Å². The van der Waals surface area contributed by atoms with Crippen LogP contribution in [0.2, 0.25) is 0 Å². The first-order chi connectivity index (χ1) is 11.9. The Balaban J connectivity index is 1.84. The maximum absolute atomic E-state index is 12.0. The van der Waals surface area contributed by atoms with Crippen molar-refractivity contribution in [3.63, 3.8) is 0 Å². The van der Waals surface area contributed by atoms with Gasteiger partial charge in [0.25, 0.3) is 11.8 Å². The average Bonchev–Trinajstić information content (AvgIpc) is 2.60. The Bertz CT molecular complexity index is 804. The molecule has 25 heavy (non-hydrogen) atoms. The van der Waals surface area contributed by atoms with Crippen molar-refractivity contribution >= 4 is 29.0 Å². The van der Waals surface area contributed by atoms with Crippen molar-refractivity contribution in [3.05, 3.63) is 64.7 Å². The number of rotatable bonds is 5. The molecular weight excluding hydrogens is 338 g/mol. The first-order valence-electron chi connectivity index (χ1n) is 7.56. The van der Waals surface area contributed by atoms with Crippen LogP contribution in [0.3, 0.4) is 0 Å². The third-order valence-corrected chi connectivity index (χ3v) is 3.69. The number of carbonyl (C=O) groups excluding carboxylic acids is 2. The number of hydrogen-bond acceptors (Lipinski definition) is 4. The molecule has 0 aromatic heterocycles. The minimum absolute atomic E-state index is 0.203. The molecule has 2 rings (SSSR count). The number of carbonyl (C=O) groups is 2. The van der Waals surface area contributed by atoms with E-state index >= 15 is 0 Å². The number of thiocarbonyl (C=S) groups is 1. The van der Waals surface area contributed by atoms with Gasteiger partial charge in [-0.3, -0.25) is 20.4 Å². The molecule has 2 aromatic rings. The highest BCUT2D eigenvalue weighted by atomic mass is 32.1. The summed E-state index contributed by atoms with van der Waals surface area (Å²) in [6.07, 6.45) is 0. The van der Waals surface area contributed by atoms with E-state index in [1.807, 2.05) is 32.0 Å². The number of benzene rings is 2. The van der Waals surface area contributed by atoms with Crippen LogP contribution in [0, 0.1) is 13.8 Å². The van der Waals surface area contributed by atoms with E-state index in [4.69, 9.17) is 22.7 Å². The largest absolute Gasteiger partial charge is 0.483 e. The fourth-order valence-corrected chi connectivity index (χ4v) is 2.16. The lowest BCUT2D eigenvalue weighted by Gasteiger charge is -2.11. The summed E-state index contributed by atoms with van der Waals surface area (Å²) in [4.78, 5) is 24.0. The molecule has 130 valence electrons. The molecule has 2 amide bonds. The summed E-state index contributed by atoms with van der Waals surface area (Å²) < 4.78 is 5.47. The van der Waals surface area contributed by atoms with Crippen molar-refractivity contribution in [2.75, 3.05) is 6.61 Å². The van der Waals surface area contributed by atoms with E-state index in [0.29, 0.717) is 16.9 Å². The highest BCUT2D eigenvalue weighted by Gasteiger charge is 2.09. The summed E-state index contributed by atoms with van der Waals surface area (Å²) in [6, 6.07) is 12.2. The van der Waals surface area contributed by atoms with Crippen molar-refractivity contribution in [2.24, 2.45) is 5.73 Å². The Morgan fingerprint density at radius 2 is 1.68 bits per heavy atom. The normalized spacial score (nSPS) is 10.0.